The van der Waals surface area contributed by atoms with Gasteiger partial charge < -0.3 is 134 Å². The Hall–Kier alpha value is -1.08. The Morgan fingerprint density at radius 3 is 1.84 bits per heavy atom. The van der Waals surface area contributed by atoms with Crippen molar-refractivity contribution in [1.82, 2.24) is 0 Å². The maximum Gasteiger partial charge on any atom is 0.187 e. The normalized spacial score (nSPS) is 55.9. The Morgan fingerprint density at radius 2 is 1.13 bits per heavy atom. The molecule has 480 valence electrons. The number of rotatable bonds is 17. The SMILES string of the molecule is CC(CCC1(O)OC2CC3C4CCC5CC(OC6OC(CO)C(OC7OC(CO)C(O)C(OC8OCC(O)C(O)C8O)C7O)C(O)C6OC6OC(C)C(O)C(O)C6O)CCC5(C)C4CCC3(C)C2C1C)COC1OC(CO)C(O)C(O)C1O. The van der Waals surface area contributed by atoms with Gasteiger partial charge in [0.2, 0.25) is 0 Å². The van der Waals surface area contributed by atoms with Gasteiger partial charge in [0.05, 0.1) is 51.3 Å². The van der Waals surface area contributed by atoms with E-state index in [0.29, 0.717) is 43.4 Å². The van der Waals surface area contributed by atoms with Crippen LogP contribution in [0.3, 0.4) is 0 Å². The molecule has 0 radical (unpaired) electrons. The van der Waals surface area contributed by atoms with E-state index in [4.69, 9.17) is 52.1 Å². The van der Waals surface area contributed by atoms with E-state index in [1.54, 1.807) is 0 Å². The number of ether oxygens (including phenoxy) is 11. The Kier molecular flexibility index (Phi) is 20.1. The predicted molar refractivity (Wildman–Crippen MR) is 277 cm³/mol. The second-order valence-electron chi connectivity index (χ2n) is 26.6. The third-order valence-electron chi connectivity index (χ3n) is 21.8. The monoisotopic (exact) mass is 1200 g/mol. The first-order chi connectivity index (χ1) is 39.3. The molecule has 10 aliphatic rings. The summed E-state index contributed by atoms with van der Waals surface area (Å²) in [4.78, 5) is 0. The molecule has 36 atom stereocenters. The topological polar surface area (TPSA) is 425 Å². The highest BCUT2D eigenvalue weighted by molar-refractivity contribution is 5.15. The molecular weight excluding hydrogens is 1100 g/mol. The van der Waals surface area contributed by atoms with E-state index in [2.05, 4.69) is 20.8 Å². The summed E-state index contributed by atoms with van der Waals surface area (Å²) in [5.41, 5.74) is -0.130. The summed E-state index contributed by atoms with van der Waals surface area (Å²) in [6.45, 7) is 7.75. The van der Waals surface area contributed by atoms with Crippen molar-refractivity contribution >= 4 is 0 Å². The molecule has 0 spiro atoms. The molecule has 6 saturated heterocycles. The second kappa shape index (κ2) is 25.7. The van der Waals surface area contributed by atoms with Crippen molar-refractivity contribution in [3.05, 3.63) is 0 Å². The van der Waals surface area contributed by atoms with Crippen molar-refractivity contribution < 1.29 is 134 Å². The van der Waals surface area contributed by atoms with Crippen molar-refractivity contribution in [2.24, 2.45) is 52.3 Å². The number of aliphatic hydroxyl groups is 16. The zero-order valence-electron chi connectivity index (χ0n) is 47.8. The molecule has 0 aromatic rings. The number of hydrogen-bond donors (Lipinski definition) is 16. The molecule has 27 nitrogen and oxygen atoms in total. The first kappa shape index (κ1) is 64.9. The molecule has 27 heteroatoms. The third kappa shape index (κ3) is 12.0. The van der Waals surface area contributed by atoms with Gasteiger partial charge in [-0.25, -0.2) is 0 Å². The maximum absolute atomic E-state index is 12.3. The van der Waals surface area contributed by atoms with Gasteiger partial charge in [0, 0.05) is 12.3 Å². The fourth-order valence-corrected chi connectivity index (χ4v) is 16.8. The summed E-state index contributed by atoms with van der Waals surface area (Å²) in [5.74, 6) is -0.0280. The van der Waals surface area contributed by atoms with Crippen LogP contribution >= 0.6 is 0 Å². The molecule has 0 aromatic carbocycles. The summed E-state index contributed by atoms with van der Waals surface area (Å²) in [5, 5.41) is 172. The van der Waals surface area contributed by atoms with Crippen LogP contribution in [0, 0.1) is 52.3 Å². The average molecular weight is 1200 g/mol. The van der Waals surface area contributed by atoms with E-state index in [0.717, 1.165) is 38.5 Å². The fourth-order valence-electron chi connectivity index (χ4n) is 16.8. The first-order valence-corrected chi connectivity index (χ1v) is 30.1. The largest absolute Gasteiger partial charge is 0.394 e. The molecule has 4 aliphatic carbocycles. The van der Waals surface area contributed by atoms with Crippen LogP contribution < -0.4 is 0 Å². The lowest BCUT2D eigenvalue weighted by Gasteiger charge is -2.61. The van der Waals surface area contributed by atoms with Gasteiger partial charge in [-0.2, -0.15) is 0 Å². The highest BCUT2D eigenvalue weighted by atomic mass is 16.8. The van der Waals surface area contributed by atoms with Crippen LogP contribution in [0.25, 0.3) is 0 Å². The van der Waals surface area contributed by atoms with Gasteiger partial charge >= 0.3 is 0 Å². The minimum atomic E-state index is -1.96. The Balaban J connectivity index is 0.786. The van der Waals surface area contributed by atoms with Crippen molar-refractivity contribution in [1.29, 1.82) is 0 Å². The summed E-state index contributed by atoms with van der Waals surface area (Å²) in [7, 11) is 0. The highest BCUT2D eigenvalue weighted by Gasteiger charge is 2.69. The highest BCUT2D eigenvalue weighted by Crippen LogP contribution is 2.71. The van der Waals surface area contributed by atoms with E-state index in [9.17, 15) is 81.7 Å². The fraction of sp³-hybridized carbons (Fsp3) is 1.00. The molecule has 0 bridgehead atoms. The lowest BCUT2D eigenvalue weighted by Crippen LogP contribution is -2.67. The van der Waals surface area contributed by atoms with Gasteiger partial charge in [-0.1, -0.05) is 27.7 Å². The molecule has 36 unspecified atom stereocenters. The molecule has 16 N–H and O–H groups in total. The molecule has 4 saturated carbocycles. The van der Waals surface area contributed by atoms with Crippen LogP contribution in [0.1, 0.15) is 98.8 Å². The van der Waals surface area contributed by atoms with E-state index >= 15 is 0 Å². The smallest absolute Gasteiger partial charge is 0.187 e. The van der Waals surface area contributed by atoms with E-state index < -0.39 is 186 Å². The van der Waals surface area contributed by atoms with E-state index in [1.807, 2.05) is 6.92 Å². The number of hydrogen-bond acceptors (Lipinski definition) is 27. The lowest BCUT2D eigenvalue weighted by molar-refractivity contribution is -0.395. The quantitative estimate of drug-likeness (QED) is 0.0611. The molecule has 0 aromatic heterocycles. The summed E-state index contributed by atoms with van der Waals surface area (Å²) < 4.78 is 66.2. The molecule has 10 fully saturated rings. The van der Waals surface area contributed by atoms with Crippen molar-refractivity contribution in [3.63, 3.8) is 0 Å². The zero-order chi connectivity index (χ0) is 59.9. The van der Waals surface area contributed by atoms with Crippen LogP contribution in [-0.2, 0) is 52.1 Å². The molecule has 0 amide bonds. The molecule has 6 heterocycles. The average Bonchev–Trinajstić information content (AvgIpc) is 1.68. The van der Waals surface area contributed by atoms with Crippen molar-refractivity contribution in [2.75, 3.05) is 33.0 Å². The molecule has 6 aliphatic heterocycles. The third-order valence-corrected chi connectivity index (χ3v) is 21.8. The Labute approximate surface area is 482 Å². The van der Waals surface area contributed by atoms with Crippen LogP contribution in [0.5, 0.6) is 0 Å². The molecular formula is C56H94O27. The van der Waals surface area contributed by atoms with Crippen LogP contribution in [0.2, 0.25) is 0 Å². The van der Waals surface area contributed by atoms with Crippen LogP contribution in [-0.4, -0.2) is 280 Å². The standard InChI is InChI=1S/C56H94O27/c1-21(19-73-49-42(68)40(66)37(63)31(16-57)77-49)8-13-56(72)22(2)34-30(83-56)15-28-26-7-6-24-14-25(9-11-54(24,4)27(26)10-12-55(28,34)5)76-53-48(82-51-43(69)39(65)35(61)23(3)75-51)44(70)46(33(18-59)79-53)80-52-45(71)47(38(64)32(17-58)78-52)81-50-41(67)36(62)29(60)20-74-50/h21-53,57-72H,6-20H2,1-5H3. The lowest BCUT2D eigenvalue weighted by atomic mass is 9.44. The first-order valence-electron chi connectivity index (χ1n) is 30.1. The molecule has 10 rings (SSSR count). The van der Waals surface area contributed by atoms with E-state index in [-0.39, 0.29) is 47.2 Å². The number of fused-ring (bicyclic) bond motifs is 7. The van der Waals surface area contributed by atoms with Crippen molar-refractivity contribution in [3.8, 4) is 0 Å². The minimum absolute atomic E-state index is 0.0595. The molecule has 83 heavy (non-hydrogen) atoms. The summed E-state index contributed by atoms with van der Waals surface area (Å²) in [6, 6.07) is 0. The number of aliphatic hydroxyl groups excluding tert-OH is 15. The van der Waals surface area contributed by atoms with Crippen LogP contribution in [0.4, 0.5) is 0 Å². The van der Waals surface area contributed by atoms with Gasteiger partial charge in [0.15, 0.2) is 37.2 Å². The van der Waals surface area contributed by atoms with Gasteiger partial charge in [0.1, 0.15) is 110 Å². The van der Waals surface area contributed by atoms with Crippen molar-refractivity contribution in [2.45, 2.75) is 264 Å². The van der Waals surface area contributed by atoms with Gasteiger partial charge in [0.25, 0.3) is 0 Å². The summed E-state index contributed by atoms with van der Waals surface area (Å²) in [6.07, 6.45) is -31.0. The Bertz CT molecular complexity index is 2120. The van der Waals surface area contributed by atoms with Gasteiger partial charge in [-0.05, 0) is 111 Å². The second-order valence-corrected chi connectivity index (χ2v) is 26.6. The van der Waals surface area contributed by atoms with Crippen LogP contribution in [0.15, 0.2) is 0 Å². The minimum Gasteiger partial charge on any atom is -0.394 e. The predicted octanol–water partition coefficient (Wildman–Crippen LogP) is -4.46. The zero-order valence-corrected chi connectivity index (χ0v) is 47.8. The Morgan fingerprint density at radius 1 is 0.530 bits per heavy atom. The summed E-state index contributed by atoms with van der Waals surface area (Å²) >= 11 is 0. The van der Waals surface area contributed by atoms with Gasteiger partial charge in [-0.15, -0.1) is 0 Å². The maximum atomic E-state index is 12.3. The van der Waals surface area contributed by atoms with E-state index in [1.165, 1.54) is 6.92 Å². The van der Waals surface area contributed by atoms with Gasteiger partial charge in [-0.3, -0.25) is 0 Å².